The first-order chi connectivity index (χ1) is 11.0. The van der Waals surface area contributed by atoms with E-state index in [1.54, 1.807) is 23.9 Å². The number of aryl methyl sites for hydroxylation is 2. The van der Waals surface area contributed by atoms with E-state index in [2.05, 4.69) is 20.4 Å². The Balaban J connectivity index is 1.88. The zero-order valence-corrected chi connectivity index (χ0v) is 12.6. The molecular formula is C16H14FN5O. The van der Waals surface area contributed by atoms with Crippen molar-refractivity contribution in [2.24, 2.45) is 0 Å². The molecule has 0 aliphatic heterocycles. The molecule has 0 radical (unpaired) electrons. The summed E-state index contributed by atoms with van der Waals surface area (Å²) in [4.78, 5) is 20.3. The molecule has 0 unspecified atom stereocenters. The topological polar surface area (TPSA) is 72.7 Å². The van der Waals surface area contributed by atoms with Crippen molar-refractivity contribution in [3.63, 3.8) is 0 Å². The van der Waals surface area contributed by atoms with Gasteiger partial charge < -0.3 is 5.32 Å². The maximum atomic E-state index is 12.8. The van der Waals surface area contributed by atoms with E-state index in [4.69, 9.17) is 0 Å². The van der Waals surface area contributed by atoms with Gasteiger partial charge in [0.15, 0.2) is 0 Å². The van der Waals surface area contributed by atoms with Gasteiger partial charge in [-0.3, -0.25) is 4.79 Å². The van der Waals surface area contributed by atoms with Crippen molar-refractivity contribution >= 4 is 11.7 Å². The highest BCUT2D eigenvalue weighted by atomic mass is 19.1. The Bertz CT molecular complexity index is 857. The summed E-state index contributed by atoms with van der Waals surface area (Å²) in [5.74, 6) is -0.623. The number of rotatable bonds is 3. The lowest BCUT2D eigenvalue weighted by molar-refractivity contribution is 0.102. The highest BCUT2D eigenvalue weighted by molar-refractivity contribution is 6.02. The van der Waals surface area contributed by atoms with Crippen LogP contribution in [-0.4, -0.2) is 25.7 Å². The minimum Gasteiger partial charge on any atom is -0.305 e. The molecule has 1 amide bonds. The summed E-state index contributed by atoms with van der Waals surface area (Å²) in [5, 5.41) is 6.81. The van der Waals surface area contributed by atoms with Gasteiger partial charge in [0.2, 0.25) is 0 Å². The largest absolute Gasteiger partial charge is 0.305 e. The third-order valence-electron chi connectivity index (χ3n) is 3.12. The van der Waals surface area contributed by atoms with Crippen LogP contribution in [0.3, 0.4) is 0 Å². The molecule has 0 saturated carbocycles. The van der Waals surface area contributed by atoms with E-state index in [-0.39, 0.29) is 11.5 Å². The second kappa shape index (κ2) is 5.96. The number of carbonyl (C=O) groups is 1. The van der Waals surface area contributed by atoms with Crippen molar-refractivity contribution in [2.45, 2.75) is 13.8 Å². The molecule has 0 spiro atoms. The highest BCUT2D eigenvalue weighted by Gasteiger charge is 2.12. The lowest BCUT2D eigenvalue weighted by Crippen LogP contribution is -2.16. The second-order valence-corrected chi connectivity index (χ2v) is 5.13. The maximum Gasteiger partial charge on any atom is 0.275 e. The monoisotopic (exact) mass is 311 g/mol. The smallest absolute Gasteiger partial charge is 0.275 e. The van der Waals surface area contributed by atoms with Crippen molar-refractivity contribution in [1.82, 2.24) is 19.7 Å². The van der Waals surface area contributed by atoms with Crippen molar-refractivity contribution in [1.29, 1.82) is 0 Å². The van der Waals surface area contributed by atoms with Crippen LogP contribution >= 0.6 is 0 Å². The summed E-state index contributed by atoms with van der Waals surface area (Å²) in [6, 6.07) is 6.09. The van der Waals surface area contributed by atoms with Gasteiger partial charge in [0, 0.05) is 11.9 Å². The average Bonchev–Trinajstić information content (AvgIpc) is 2.95. The van der Waals surface area contributed by atoms with E-state index in [0.717, 1.165) is 17.4 Å². The minimum absolute atomic E-state index is 0.235. The lowest BCUT2D eigenvalue weighted by atomic mass is 10.2. The van der Waals surface area contributed by atoms with E-state index in [0.29, 0.717) is 5.69 Å². The molecule has 3 aromatic heterocycles. The van der Waals surface area contributed by atoms with E-state index in [1.807, 2.05) is 19.2 Å². The van der Waals surface area contributed by atoms with Gasteiger partial charge >= 0.3 is 0 Å². The van der Waals surface area contributed by atoms with E-state index in [1.165, 1.54) is 12.1 Å². The molecule has 0 fully saturated rings. The summed E-state index contributed by atoms with van der Waals surface area (Å²) in [5.41, 5.74) is 2.68. The van der Waals surface area contributed by atoms with Crippen LogP contribution in [-0.2, 0) is 0 Å². The molecule has 3 heterocycles. The fourth-order valence-electron chi connectivity index (χ4n) is 2.08. The molecule has 116 valence electrons. The minimum atomic E-state index is -0.465. The molecule has 0 atom stereocenters. The number of anilines is 1. The zero-order chi connectivity index (χ0) is 16.4. The van der Waals surface area contributed by atoms with Gasteiger partial charge in [-0.1, -0.05) is 0 Å². The van der Waals surface area contributed by atoms with Crippen LogP contribution in [0, 0.1) is 19.7 Å². The van der Waals surface area contributed by atoms with Crippen LogP contribution in [0.25, 0.3) is 5.69 Å². The van der Waals surface area contributed by atoms with E-state index >= 15 is 0 Å². The SMILES string of the molecule is Cc1cnn(-c2cc(C)nc(C(=O)Nc3ccc(F)cn3)c2)c1. The van der Waals surface area contributed by atoms with Gasteiger partial charge in [-0.25, -0.2) is 19.0 Å². The molecule has 23 heavy (non-hydrogen) atoms. The normalized spacial score (nSPS) is 10.6. The van der Waals surface area contributed by atoms with Crippen LogP contribution in [0.1, 0.15) is 21.7 Å². The van der Waals surface area contributed by atoms with Crippen LogP contribution in [0.4, 0.5) is 10.2 Å². The number of amides is 1. The molecular weight excluding hydrogens is 297 g/mol. The first-order valence-electron chi connectivity index (χ1n) is 6.94. The third kappa shape index (κ3) is 3.39. The van der Waals surface area contributed by atoms with Crippen molar-refractivity contribution < 1.29 is 9.18 Å². The standard InChI is InChI=1S/C16H14FN5O/c1-10-7-19-22(9-10)13-5-11(2)20-14(6-13)16(23)21-15-4-3-12(17)8-18-15/h3-9H,1-2H3,(H,18,21,23). The number of hydrogen-bond donors (Lipinski definition) is 1. The Kier molecular flexibility index (Phi) is 3.84. The first-order valence-corrected chi connectivity index (χ1v) is 6.94. The van der Waals surface area contributed by atoms with Gasteiger partial charge in [0.05, 0.1) is 18.1 Å². The molecule has 7 heteroatoms. The number of halogens is 1. The Hall–Kier alpha value is -3.09. The van der Waals surface area contributed by atoms with Gasteiger partial charge in [-0.15, -0.1) is 0 Å². The summed E-state index contributed by atoms with van der Waals surface area (Å²) in [6.45, 7) is 3.73. The van der Waals surface area contributed by atoms with Crippen molar-refractivity contribution in [3.05, 3.63) is 65.6 Å². The molecule has 0 aliphatic carbocycles. The number of carbonyl (C=O) groups excluding carboxylic acids is 1. The van der Waals surface area contributed by atoms with Gasteiger partial charge in [0.25, 0.3) is 5.91 Å². The van der Waals surface area contributed by atoms with E-state index in [9.17, 15) is 9.18 Å². The maximum absolute atomic E-state index is 12.8. The molecule has 1 N–H and O–H groups in total. The highest BCUT2D eigenvalue weighted by Crippen LogP contribution is 2.13. The Morgan fingerprint density at radius 1 is 1.22 bits per heavy atom. The average molecular weight is 311 g/mol. The van der Waals surface area contributed by atoms with E-state index < -0.39 is 11.7 Å². The summed E-state index contributed by atoms with van der Waals surface area (Å²) >= 11 is 0. The third-order valence-corrected chi connectivity index (χ3v) is 3.12. The van der Waals surface area contributed by atoms with Crippen LogP contribution < -0.4 is 5.32 Å². The molecule has 3 rings (SSSR count). The number of nitrogens with zero attached hydrogens (tertiary/aromatic N) is 4. The number of pyridine rings is 2. The molecule has 0 aliphatic rings. The van der Waals surface area contributed by atoms with Crippen LogP contribution in [0.15, 0.2) is 42.9 Å². The van der Waals surface area contributed by atoms with Crippen molar-refractivity contribution in [3.8, 4) is 5.69 Å². The van der Waals surface area contributed by atoms with Gasteiger partial charge in [0.1, 0.15) is 17.3 Å². The number of hydrogen-bond acceptors (Lipinski definition) is 4. The molecule has 0 aromatic carbocycles. The fourth-order valence-corrected chi connectivity index (χ4v) is 2.08. The fraction of sp³-hybridized carbons (Fsp3) is 0.125. The Morgan fingerprint density at radius 3 is 2.70 bits per heavy atom. The van der Waals surface area contributed by atoms with Gasteiger partial charge in [-0.05, 0) is 43.7 Å². The number of aromatic nitrogens is 4. The summed E-state index contributed by atoms with van der Waals surface area (Å²) in [7, 11) is 0. The first kappa shape index (κ1) is 14.8. The summed E-state index contributed by atoms with van der Waals surface area (Å²) in [6.07, 6.45) is 4.63. The zero-order valence-electron chi connectivity index (χ0n) is 12.6. The molecule has 3 aromatic rings. The quantitative estimate of drug-likeness (QED) is 0.807. The molecule has 6 nitrogen and oxygen atoms in total. The summed E-state index contributed by atoms with van der Waals surface area (Å²) < 4.78 is 14.5. The van der Waals surface area contributed by atoms with Crippen molar-refractivity contribution in [2.75, 3.05) is 5.32 Å². The number of nitrogens with one attached hydrogen (secondary N) is 1. The second-order valence-electron chi connectivity index (χ2n) is 5.13. The Labute approximate surface area is 132 Å². The Morgan fingerprint density at radius 2 is 2.04 bits per heavy atom. The van der Waals surface area contributed by atoms with Gasteiger partial charge in [-0.2, -0.15) is 5.10 Å². The molecule has 0 bridgehead atoms. The predicted molar refractivity (Wildman–Crippen MR) is 83.0 cm³/mol. The predicted octanol–water partition coefficient (Wildman–Crippen LogP) is 2.67. The van der Waals surface area contributed by atoms with Crippen LogP contribution in [0.5, 0.6) is 0 Å². The van der Waals surface area contributed by atoms with Crippen LogP contribution in [0.2, 0.25) is 0 Å². The molecule has 0 saturated heterocycles. The lowest BCUT2D eigenvalue weighted by Gasteiger charge is -2.07.